The molecule has 2 aliphatic rings. The lowest BCUT2D eigenvalue weighted by Gasteiger charge is -2.27. The summed E-state index contributed by atoms with van der Waals surface area (Å²) in [6.45, 7) is 5.96. The number of nitrogens with zero attached hydrogens (tertiary/aromatic N) is 2. The van der Waals surface area contributed by atoms with Gasteiger partial charge in [0, 0.05) is 11.3 Å². The fourth-order valence-electron chi connectivity index (χ4n) is 3.76. The van der Waals surface area contributed by atoms with Crippen LogP contribution in [0.4, 0.5) is 0 Å². The molecule has 2 fully saturated rings. The normalized spacial score (nSPS) is 26.7. The van der Waals surface area contributed by atoms with Crippen molar-refractivity contribution in [2.45, 2.75) is 19.4 Å². The highest BCUT2D eigenvalue weighted by molar-refractivity contribution is 5.85. The number of carbonyl (C=O) groups excluding carboxylic acids is 1. The standard InChI is InChI=1S/C17H20N4O/c1-17(2,21-16(22)14-11-7-18-8-12(11)14)15-10-5-3-4-6-13(10)19-9-20-15/h3-6,9,11-12,14,18H,7-8H2,1-2H3,(H,21,22)/t11-,12+,14?. The van der Waals surface area contributed by atoms with E-state index in [1.165, 1.54) is 0 Å². The number of carbonyl (C=O) groups is 1. The van der Waals surface area contributed by atoms with E-state index < -0.39 is 5.54 Å². The Morgan fingerprint density at radius 3 is 2.73 bits per heavy atom. The minimum atomic E-state index is -0.510. The number of hydrogen-bond acceptors (Lipinski definition) is 4. The molecule has 2 heterocycles. The van der Waals surface area contributed by atoms with E-state index in [4.69, 9.17) is 0 Å². The summed E-state index contributed by atoms with van der Waals surface area (Å²) in [5, 5.41) is 7.52. The van der Waals surface area contributed by atoms with Crippen LogP contribution in [0, 0.1) is 17.8 Å². The molecule has 0 bridgehead atoms. The monoisotopic (exact) mass is 296 g/mol. The minimum Gasteiger partial charge on any atom is -0.345 e. The zero-order valence-electron chi connectivity index (χ0n) is 12.8. The van der Waals surface area contributed by atoms with Crippen LogP contribution in [0.25, 0.3) is 10.9 Å². The smallest absolute Gasteiger partial charge is 0.224 e. The number of rotatable bonds is 3. The Morgan fingerprint density at radius 1 is 1.23 bits per heavy atom. The number of benzene rings is 1. The first-order valence-electron chi connectivity index (χ1n) is 7.81. The largest absolute Gasteiger partial charge is 0.345 e. The number of amides is 1. The van der Waals surface area contributed by atoms with Crippen molar-refractivity contribution in [2.75, 3.05) is 13.1 Å². The molecule has 1 amide bonds. The van der Waals surface area contributed by atoms with Crippen LogP contribution in [0.3, 0.4) is 0 Å². The Labute approximate surface area is 129 Å². The van der Waals surface area contributed by atoms with E-state index >= 15 is 0 Å². The maximum Gasteiger partial charge on any atom is 0.224 e. The predicted octanol–water partition coefficient (Wildman–Crippen LogP) is 1.45. The predicted molar refractivity (Wildman–Crippen MR) is 84.0 cm³/mol. The summed E-state index contributed by atoms with van der Waals surface area (Å²) >= 11 is 0. The van der Waals surface area contributed by atoms with Gasteiger partial charge in [0.25, 0.3) is 0 Å². The molecule has 0 radical (unpaired) electrons. The minimum absolute atomic E-state index is 0.157. The summed E-state index contributed by atoms with van der Waals surface area (Å²) < 4.78 is 0. The van der Waals surface area contributed by atoms with Crippen LogP contribution in [-0.4, -0.2) is 29.0 Å². The van der Waals surface area contributed by atoms with Gasteiger partial charge in [-0.15, -0.1) is 0 Å². The molecule has 3 atom stereocenters. The van der Waals surface area contributed by atoms with Gasteiger partial charge >= 0.3 is 0 Å². The lowest BCUT2D eigenvalue weighted by atomic mass is 9.95. The van der Waals surface area contributed by atoms with Gasteiger partial charge in [-0.2, -0.15) is 0 Å². The van der Waals surface area contributed by atoms with Crippen molar-refractivity contribution in [3.05, 3.63) is 36.3 Å². The molecule has 1 aliphatic carbocycles. The van der Waals surface area contributed by atoms with Crippen molar-refractivity contribution in [2.24, 2.45) is 17.8 Å². The quantitative estimate of drug-likeness (QED) is 0.899. The van der Waals surface area contributed by atoms with Crippen LogP contribution in [0.5, 0.6) is 0 Å². The maximum atomic E-state index is 12.6. The molecule has 1 aliphatic heterocycles. The van der Waals surface area contributed by atoms with Gasteiger partial charge < -0.3 is 10.6 Å². The van der Waals surface area contributed by atoms with Crippen LogP contribution in [-0.2, 0) is 10.3 Å². The van der Waals surface area contributed by atoms with Crippen LogP contribution >= 0.6 is 0 Å². The zero-order chi connectivity index (χ0) is 15.3. The summed E-state index contributed by atoms with van der Waals surface area (Å²) in [6, 6.07) is 7.91. The fraction of sp³-hybridized carbons (Fsp3) is 0.471. The molecule has 2 N–H and O–H groups in total. The summed E-state index contributed by atoms with van der Waals surface area (Å²) in [5.41, 5.74) is 1.27. The molecule has 1 unspecified atom stereocenters. The van der Waals surface area contributed by atoms with Crippen LogP contribution in [0.1, 0.15) is 19.5 Å². The first-order valence-corrected chi connectivity index (χ1v) is 7.81. The molecule has 22 heavy (non-hydrogen) atoms. The highest BCUT2D eigenvalue weighted by Crippen LogP contribution is 2.49. The number of para-hydroxylation sites is 1. The van der Waals surface area contributed by atoms with E-state index in [0.717, 1.165) is 29.7 Å². The van der Waals surface area contributed by atoms with Gasteiger partial charge in [-0.3, -0.25) is 4.79 Å². The van der Waals surface area contributed by atoms with E-state index in [1.807, 2.05) is 38.1 Å². The molecule has 1 aromatic carbocycles. The highest BCUT2D eigenvalue weighted by atomic mass is 16.2. The SMILES string of the molecule is CC(C)(NC(=O)C1[C@H]2CNC[C@@H]12)c1ncnc2ccccc12. The molecular formula is C17H20N4O. The van der Waals surface area contributed by atoms with Crippen LogP contribution in [0.2, 0.25) is 0 Å². The second kappa shape index (κ2) is 4.74. The summed E-state index contributed by atoms with van der Waals surface area (Å²) in [7, 11) is 0. The molecule has 1 aromatic heterocycles. The molecule has 2 aromatic rings. The average molecular weight is 296 g/mol. The lowest BCUT2D eigenvalue weighted by molar-refractivity contribution is -0.124. The van der Waals surface area contributed by atoms with Crippen molar-refractivity contribution < 1.29 is 4.79 Å². The fourth-order valence-corrected chi connectivity index (χ4v) is 3.76. The van der Waals surface area contributed by atoms with E-state index in [9.17, 15) is 4.79 Å². The van der Waals surface area contributed by atoms with Crippen LogP contribution in [0.15, 0.2) is 30.6 Å². The topological polar surface area (TPSA) is 66.9 Å². The zero-order valence-corrected chi connectivity index (χ0v) is 12.8. The Kier molecular flexibility index (Phi) is 2.94. The third-order valence-electron chi connectivity index (χ3n) is 4.96. The average Bonchev–Trinajstić information content (AvgIpc) is 3.00. The second-order valence-corrected chi connectivity index (χ2v) is 6.87. The van der Waals surface area contributed by atoms with Crippen molar-refractivity contribution >= 4 is 16.8 Å². The number of fused-ring (bicyclic) bond motifs is 2. The molecule has 5 nitrogen and oxygen atoms in total. The first kappa shape index (κ1) is 13.6. The van der Waals surface area contributed by atoms with Gasteiger partial charge in [-0.25, -0.2) is 9.97 Å². The third kappa shape index (κ3) is 2.08. The van der Waals surface area contributed by atoms with Crippen molar-refractivity contribution in [1.82, 2.24) is 20.6 Å². The third-order valence-corrected chi connectivity index (χ3v) is 4.96. The lowest BCUT2D eigenvalue weighted by Crippen LogP contribution is -2.43. The number of hydrogen-bond donors (Lipinski definition) is 2. The number of piperidine rings is 1. The summed E-state index contributed by atoms with van der Waals surface area (Å²) in [6.07, 6.45) is 1.57. The highest BCUT2D eigenvalue weighted by Gasteiger charge is 2.57. The van der Waals surface area contributed by atoms with Gasteiger partial charge in [-0.05, 0) is 44.8 Å². The van der Waals surface area contributed by atoms with E-state index in [-0.39, 0.29) is 11.8 Å². The molecule has 5 heteroatoms. The van der Waals surface area contributed by atoms with Crippen molar-refractivity contribution in [3.8, 4) is 0 Å². The van der Waals surface area contributed by atoms with Gasteiger partial charge in [0.1, 0.15) is 6.33 Å². The summed E-state index contributed by atoms with van der Waals surface area (Å²) in [5.74, 6) is 1.38. The van der Waals surface area contributed by atoms with Gasteiger partial charge in [0.05, 0.1) is 16.7 Å². The molecule has 114 valence electrons. The van der Waals surface area contributed by atoms with E-state index in [2.05, 4.69) is 20.6 Å². The molecular weight excluding hydrogens is 276 g/mol. The Bertz CT molecular complexity index is 727. The Hall–Kier alpha value is -2.01. The summed E-state index contributed by atoms with van der Waals surface area (Å²) in [4.78, 5) is 21.3. The van der Waals surface area contributed by atoms with Crippen molar-refractivity contribution in [1.29, 1.82) is 0 Å². The maximum absolute atomic E-state index is 12.6. The second-order valence-electron chi connectivity index (χ2n) is 6.87. The Balaban J connectivity index is 1.61. The first-order chi connectivity index (χ1) is 10.6. The Morgan fingerprint density at radius 2 is 1.95 bits per heavy atom. The van der Waals surface area contributed by atoms with Crippen LogP contribution < -0.4 is 10.6 Å². The van der Waals surface area contributed by atoms with Gasteiger partial charge in [0.15, 0.2) is 0 Å². The number of aromatic nitrogens is 2. The van der Waals surface area contributed by atoms with Crippen molar-refractivity contribution in [3.63, 3.8) is 0 Å². The molecule has 4 rings (SSSR count). The molecule has 1 saturated heterocycles. The molecule has 0 spiro atoms. The van der Waals surface area contributed by atoms with E-state index in [0.29, 0.717) is 11.8 Å². The van der Waals surface area contributed by atoms with Gasteiger partial charge in [0.2, 0.25) is 5.91 Å². The number of nitrogens with one attached hydrogen (secondary N) is 2. The van der Waals surface area contributed by atoms with Gasteiger partial charge in [-0.1, -0.05) is 18.2 Å². The van der Waals surface area contributed by atoms with E-state index in [1.54, 1.807) is 6.33 Å². The molecule has 1 saturated carbocycles.